The van der Waals surface area contributed by atoms with Crippen molar-refractivity contribution in [3.8, 4) is 0 Å². The van der Waals surface area contributed by atoms with Crippen LogP contribution in [0.4, 0.5) is 10.8 Å². The predicted molar refractivity (Wildman–Crippen MR) is 117 cm³/mol. The summed E-state index contributed by atoms with van der Waals surface area (Å²) < 4.78 is 0.819. The van der Waals surface area contributed by atoms with E-state index in [-0.39, 0.29) is 11.2 Å². The van der Waals surface area contributed by atoms with Crippen LogP contribution in [0.15, 0.2) is 28.6 Å². The van der Waals surface area contributed by atoms with Gasteiger partial charge in [0.05, 0.1) is 38.0 Å². The van der Waals surface area contributed by atoms with Gasteiger partial charge >= 0.3 is 0 Å². The smallest absolute Gasteiger partial charge is 0.236 e. The van der Waals surface area contributed by atoms with E-state index in [9.17, 15) is 4.79 Å². The zero-order valence-corrected chi connectivity index (χ0v) is 18.7. The van der Waals surface area contributed by atoms with Crippen LogP contribution in [0.3, 0.4) is 0 Å². The quantitative estimate of drug-likeness (QED) is 0.675. The number of anilines is 2. The number of thioether (sulfide) groups is 1. The molecule has 2 heterocycles. The van der Waals surface area contributed by atoms with Gasteiger partial charge in [0.15, 0.2) is 4.34 Å². The first-order valence-electron chi connectivity index (χ1n) is 9.95. The lowest BCUT2D eigenvalue weighted by Gasteiger charge is -2.32. The van der Waals surface area contributed by atoms with Crippen molar-refractivity contribution in [1.82, 2.24) is 15.1 Å². The Morgan fingerprint density at radius 2 is 1.89 bits per heavy atom. The van der Waals surface area contributed by atoms with Crippen molar-refractivity contribution in [3.05, 3.63) is 29.8 Å². The minimum absolute atomic E-state index is 0.144. The molecule has 1 amide bonds. The number of hydrogen-bond donors (Lipinski definition) is 2. The number of amides is 1. The molecule has 2 N–H and O–H groups in total. The van der Waals surface area contributed by atoms with Gasteiger partial charge in [0, 0.05) is 5.69 Å². The normalized spacial score (nSPS) is 16.4. The van der Waals surface area contributed by atoms with E-state index in [2.05, 4.69) is 60.6 Å². The maximum absolute atomic E-state index is 12.7. The van der Waals surface area contributed by atoms with Gasteiger partial charge in [0.1, 0.15) is 0 Å². The largest absolute Gasteiger partial charge is 0.332 e. The Kier molecular flexibility index (Phi) is 7.31. The van der Waals surface area contributed by atoms with Crippen LogP contribution in [0.5, 0.6) is 0 Å². The molecule has 1 saturated heterocycles. The van der Waals surface area contributed by atoms with Gasteiger partial charge in [-0.15, -0.1) is 10.2 Å². The number of nitrogens with zero attached hydrogens (tertiary/aromatic N) is 3. The second-order valence-electron chi connectivity index (χ2n) is 7.46. The number of hydrogen-bond acceptors (Lipinski definition) is 6. The molecule has 0 spiro atoms. The van der Waals surface area contributed by atoms with Gasteiger partial charge in [-0.3, -0.25) is 4.79 Å². The van der Waals surface area contributed by atoms with E-state index in [1.165, 1.54) is 28.7 Å². The van der Waals surface area contributed by atoms with Gasteiger partial charge in [-0.2, -0.15) is 0 Å². The SMILES string of the molecule is CC[NH+]1CCN(C(=O)[C@H](C)Sc2nnc(Nc3ccc(C(C)C)cc3)s2)CC1. The van der Waals surface area contributed by atoms with Crippen molar-refractivity contribution in [2.24, 2.45) is 0 Å². The second-order valence-corrected chi connectivity index (χ2v) is 10.0. The predicted octanol–water partition coefficient (Wildman–Crippen LogP) is 2.63. The molecule has 0 unspecified atom stereocenters. The minimum Gasteiger partial charge on any atom is -0.332 e. The third-order valence-corrected chi connectivity index (χ3v) is 7.15. The number of benzene rings is 1. The number of carbonyl (C=O) groups is 1. The first-order chi connectivity index (χ1) is 13.5. The van der Waals surface area contributed by atoms with Gasteiger partial charge < -0.3 is 15.1 Å². The molecule has 3 rings (SSSR count). The van der Waals surface area contributed by atoms with Crippen LogP contribution in [0.2, 0.25) is 0 Å². The van der Waals surface area contributed by atoms with E-state index in [1.807, 2.05) is 11.8 Å². The fraction of sp³-hybridized carbons (Fsp3) is 0.550. The molecule has 1 atom stereocenters. The number of rotatable bonds is 7. The first kappa shape index (κ1) is 21.1. The Morgan fingerprint density at radius 3 is 2.50 bits per heavy atom. The number of piperazine rings is 1. The summed E-state index contributed by atoms with van der Waals surface area (Å²) in [7, 11) is 0. The molecule has 1 aliphatic heterocycles. The summed E-state index contributed by atoms with van der Waals surface area (Å²) in [5, 5.41) is 12.4. The van der Waals surface area contributed by atoms with E-state index >= 15 is 0 Å². The van der Waals surface area contributed by atoms with E-state index in [0.29, 0.717) is 5.92 Å². The Balaban J connectivity index is 1.53. The summed E-state index contributed by atoms with van der Waals surface area (Å²) in [5.41, 5.74) is 2.31. The van der Waals surface area contributed by atoms with Gasteiger partial charge in [0.25, 0.3) is 0 Å². The molecule has 1 aromatic heterocycles. The van der Waals surface area contributed by atoms with Gasteiger partial charge in [-0.1, -0.05) is 49.1 Å². The van der Waals surface area contributed by atoms with Crippen LogP contribution < -0.4 is 10.2 Å². The summed E-state index contributed by atoms with van der Waals surface area (Å²) in [6.45, 7) is 13.5. The first-order valence-corrected chi connectivity index (χ1v) is 11.7. The molecule has 0 aliphatic carbocycles. The Labute approximate surface area is 175 Å². The van der Waals surface area contributed by atoms with Crippen molar-refractivity contribution >= 4 is 39.8 Å². The van der Waals surface area contributed by atoms with Gasteiger partial charge in [0.2, 0.25) is 11.0 Å². The molecule has 0 bridgehead atoms. The van der Waals surface area contributed by atoms with Crippen LogP contribution in [0.1, 0.15) is 39.2 Å². The Morgan fingerprint density at radius 1 is 1.21 bits per heavy atom. The number of nitrogens with one attached hydrogen (secondary N) is 2. The molecule has 8 heteroatoms. The van der Waals surface area contributed by atoms with Crippen LogP contribution in [-0.2, 0) is 4.79 Å². The lowest BCUT2D eigenvalue weighted by atomic mass is 10.0. The molecular weight excluding hydrogens is 390 g/mol. The average Bonchev–Trinajstić information content (AvgIpc) is 3.14. The average molecular weight is 421 g/mol. The molecule has 28 heavy (non-hydrogen) atoms. The fourth-order valence-corrected chi connectivity index (χ4v) is 5.24. The monoisotopic (exact) mass is 420 g/mol. The summed E-state index contributed by atoms with van der Waals surface area (Å²) in [4.78, 5) is 16.3. The summed E-state index contributed by atoms with van der Waals surface area (Å²) in [6.07, 6.45) is 0. The van der Waals surface area contributed by atoms with Gasteiger partial charge in [-0.25, -0.2) is 0 Å². The highest BCUT2D eigenvalue weighted by Crippen LogP contribution is 2.31. The van der Waals surface area contributed by atoms with Crippen molar-refractivity contribution < 1.29 is 9.69 Å². The van der Waals surface area contributed by atoms with Crippen LogP contribution in [0.25, 0.3) is 0 Å². The molecule has 152 valence electrons. The number of carbonyl (C=O) groups excluding carboxylic acids is 1. The number of quaternary nitrogens is 1. The summed E-state index contributed by atoms with van der Waals surface area (Å²) in [6, 6.07) is 8.39. The van der Waals surface area contributed by atoms with Crippen molar-refractivity contribution in [2.75, 3.05) is 38.0 Å². The number of likely N-dealkylation sites (N-methyl/N-ethyl adjacent to an activating group) is 1. The maximum atomic E-state index is 12.7. The molecule has 0 radical (unpaired) electrons. The third kappa shape index (κ3) is 5.46. The molecule has 1 aromatic carbocycles. The zero-order valence-electron chi connectivity index (χ0n) is 17.1. The Hall–Kier alpha value is -1.64. The zero-order chi connectivity index (χ0) is 20.1. The lowest BCUT2D eigenvalue weighted by molar-refractivity contribution is -0.902. The van der Waals surface area contributed by atoms with Crippen molar-refractivity contribution in [1.29, 1.82) is 0 Å². The Bertz CT molecular complexity index is 769. The third-order valence-electron chi connectivity index (χ3n) is 5.14. The van der Waals surface area contributed by atoms with Crippen LogP contribution in [-0.4, -0.2) is 59.0 Å². The van der Waals surface area contributed by atoms with E-state index in [0.717, 1.165) is 47.9 Å². The van der Waals surface area contributed by atoms with Crippen molar-refractivity contribution in [2.45, 2.75) is 43.2 Å². The van der Waals surface area contributed by atoms with Crippen LogP contribution >= 0.6 is 23.1 Å². The molecule has 1 fully saturated rings. The standard InChI is InChI=1S/C20H29N5OS2/c1-5-24-10-12-25(13-11-24)18(26)15(4)27-20-23-22-19(28-20)21-17-8-6-16(7-9-17)14(2)3/h6-9,14-15H,5,10-13H2,1-4H3,(H,21,22)/p+1/t15-/m0/s1. The van der Waals surface area contributed by atoms with E-state index < -0.39 is 0 Å². The molecule has 1 aliphatic rings. The molecule has 2 aromatic rings. The van der Waals surface area contributed by atoms with Gasteiger partial charge in [-0.05, 0) is 37.5 Å². The van der Waals surface area contributed by atoms with Crippen LogP contribution in [0, 0.1) is 0 Å². The highest BCUT2D eigenvalue weighted by atomic mass is 32.2. The summed E-state index contributed by atoms with van der Waals surface area (Å²) >= 11 is 2.99. The maximum Gasteiger partial charge on any atom is 0.236 e. The number of aromatic nitrogens is 2. The fourth-order valence-electron chi connectivity index (χ4n) is 3.24. The molecular formula is C20H30N5OS2+. The van der Waals surface area contributed by atoms with E-state index in [4.69, 9.17) is 0 Å². The summed E-state index contributed by atoms with van der Waals surface area (Å²) in [5.74, 6) is 0.720. The molecule has 6 nitrogen and oxygen atoms in total. The highest BCUT2D eigenvalue weighted by molar-refractivity contribution is 8.02. The highest BCUT2D eigenvalue weighted by Gasteiger charge is 2.27. The molecule has 0 saturated carbocycles. The van der Waals surface area contributed by atoms with Crippen molar-refractivity contribution in [3.63, 3.8) is 0 Å². The lowest BCUT2D eigenvalue weighted by Crippen LogP contribution is -3.14. The second kappa shape index (κ2) is 9.71. The topological polar surface area (TPSA) is 62.6 Å². The van der Waals surface area contributed by atoms with E-state index in [1.54, 1.807) is 4.90 Å². The minimum atomic E-state index is -0.144.